The zero-order chi connectivity index (χ0) is 15.8. The van der Waals surface area contributed by atoms with E-state index in [-0.39, 0.29) is 5.91 Å². The third-order valence-corrected chi connectivity index (χ3v) is 3.47. The normalized spacial score (nSPS) is 11.0. The second-order valence-electron chi connectivity index (χ2n) is 5.56. The second kappa shape index (κ2) is 8.59. The number of rotatable bonds is 8. The maximum absolute atomic E-state index is 12.1. The molecule has 21 heavy (non-hydrogen) atoms. The number of carbonyl (C=O) groups is 1. The minimum Gasteiger partial charge on any atom is -0.352 e. The highest BCUT2D eigenvalue weighted by molar-refractivity contribution is 5.94. The van der Waals surface area contributed by atoms with Gasteiger partial charge in [-0.25, -0.2) is 10.8 Å². The number of carbonyl (C=O) groups excluding carboxylic acids is 1. The Morgan fingerprint density at radius 1 is 1.38 bits per heavy atom. The van der Waals surface area contributed by atoms with E-state index in [1.54, 1.807) is 12.1 Å². The Kier molecular flexibility index (Phi) is 7.11. The maximum atomic E-state index is 12.1. The van der Waals surface area contributed by atoms with Crippen molar-refractivity contribution in [3.05, 3.63) is 23.4 Å². The quantitative estimate of drug-likeness (QED) is 0.384. The van der Waals surface area contributed by atoms with E-state index in [1.165, 1.54) is 0 Å². The van der Waals surface area contributed by atoms with Gasteiger partial charge in [0.05, 0.1) is 0 Å². The molecular formula is C15H27N5O. The van der Waals surface area contributed by atoms with Crippen LogP contribution in [0.4, 0.5) is 5.82 Å². The molecule has 0 bridgehead atoms. The number of aromatic nitrogens is 1. The summed E-state index contributed by atoms with van der Waals surface area (Å²) in [6, 6.07) is 3.96. The third kappa shape index (κ3) is 6.10. The van der Waals surface area contributed by atoms with Crippen LogP contribution in [-0.4, -0.2) is 42.0 Å². The van der Waals surface area contributed by atoms with Crippen molar-refractivity contribution < 1.29 is 4.79 Å². The first-order valence-electron chi connectivity index (χ1n) is 7.37. The van der Waals surface area contributed by atoms with E-state index in [9.17, 15) is 4.79 Å². The fourth-order valence-electron chi connectivity index (χ4n) is 1.92. The number of nitrogens with zero attached hydrogens (tertiary/aromatic N) is 2. The molecule has 0 aromatic carbocycles. The predicted octanol–water partition coefficient (Wildman–Crippen LogP) is 1.53. The van der Waals surface area contributed by atoms with E-state index in [4.69, 9.17) is 5.84 Å². The Morgan fingerprint density at radius 2 is 2.10 bits per heavy atom. The van der Waals surface area contributed by atoms with Crippen LogP contribution in [0.2, 0.25) is 0 Å². The van der Waals surface area contributed by atoms with Gasteiger partial charge >= 0.3 is 0 Å². The average Bonchev–Trinajstić information content (AvgIpc) is 2.45. The number of nitrogens with one attached hydrogen (secondary N) is 2. The van der Waals surface area contributed by atoms with Gasteiger partial charge in [-0.05, 0) is 59.3 Å². The lowest BCUT2D eigenvalue weighted by Gasteiger charge is -2.20. The SMILES string of the molecule is Cc1cc(C(=O)NCCCCN(C)C(C)C)cc(NN)n1. The van der Waals surface area contributed by atoms with Gasteiger partial charge in [0, 0.05) is 23.8 Å². The number of aryl methyl sites for hydroxylation is 1. The Morgan fingerprint density at radius 3 is 2.71 bits per heavy atom. The summed E-state index contributed by atoms with van der Waals surface area (Å²) in [6.07, 6.45) is 2.04. The molecule has 1 amide bonds. The minimum atomic E-state index is -0.0887. The average molecular weight is 293 g/mol. The predicted molar refractivity (Wildman–Crippen MR) is 86.1 cm³/mol. The number of pyridine rings is 1. The summed E-state index contributed by atoms with van der Waals surface area (Å²) in [5, 5.41) is 2.93. The standard InChI is InChI=1S/C15H27N5O/c1-11(2)20(4)8-6-5-7-17-15(21)13-9-12(3)18-14(10-13)19-16/h9-11H,5-8,16H2,1-4H3,(H,17,21)(H,18,19). The van der Waals surface area contributed by atoms with Crippen LogP contribution in [0.5, 0.6) is 0 Å². The van der Waals surface area contributed by atoms with Crippen LogP contribution in [-0.2, 0) is 0 Å². The number of hydrazine groups is 1. The highest BCUT2D eigenvalue weighted by Gasteiger charge is 2.08. The Hall–Kier alpha value is -1.66. The fraction of sp³-hybridized carbons (Fsp3) is 0.600. The van der Waals surface area contributed by atoms with Gasteiger partial charge in [0.15, 0.2) is 0 Å². The van der Waals surface area contributed by atoms with Crippen LogP contribution in [0.25, 0.3) is 0 Å². The molecule has 6 heteroatoms. The van der Waals surface area contributed by atoms with Crippen molar-refractivity contribution >= 4 is 11.7 Å². The van der Waals surface area contributed by atoms with E-state index >= 15 is 0 Å². The number of nitrogen functional groups attached to an aromatic ring is 1. The topological polar surface area (TPSA) is 83.3 Å². The number of hydrogen-bond donors (Lipinski definition) is 3. The van der Waals surface area contributed by atoms with Gasteiger partial charge in [0.1, 0.15) is 5.82 Å². The minimum absolute atomic E-state index is 0.0887. The van der Waals surface area contributed by atoms with Gasteiger partial charge in [-0.3, -0.25) is 4.79 Å². The number of amides is 1. The molecule has 1 aromatic rings. The molecule has 0 radical (unpaired) electrons. The second-order valence-corrected chi connectivity index (χ2v) is 5.56. The van der Waals surface area contributed by atoms with Gasteiger partial charge in [-0.2, -0.15) is 0 Å². The van der Waals surface area contributed by atoms with Crippen molar-refractivity contribution in [3.8, 4) is 0 Å². The van der Waals surface area contributed by atoms with Crippen LogP contribution in [0.15, 0.2) is 12.1 Å². The van der Waals surface area contributed by atoms with Crippen molar-refractivity contribution in [2.75, 3.05) is 25.6 Å². The van der Waals surface area contributed by atoms with Crippen molar-refractivity contribution in [1.82, 2.24) is 15.2 Å². The summed E-state index contributed by atoms with van der Waals surface area (Å²) < 4.78 is 0. The van der Waals surface area contributed by atoms with Crippen LogP contribution in [0.3, 0.4) is 0 Å². The third-order valence-electron chi connectivity index (χ3n) is 3.47. The summed E-state index contributed by atoms with van der Waals surface area (Å²) in [5.41, 5.74) is 3.80. The molecule has 0 unspecified atom stereocenters. The highest BCUT2D eigenvalue weighted by atomic mass is 16.1. The van der Waals surface area contributed by atoms with E-state index in [0.717, 1.165) is 25.1 Å². The number of hydrogen-bond acceptors (Lipinski definition) is 5. The van der Waals surface area contributed by atoms with Gasteiger partial charge in [0.25, 0.3) is 5.91 Å². The molecule has 1 aromatic heterocycles. The fourth-order valence-corrected chi connectivity index (χ4v) is 1.92. The Labute approximate surface area is 127 Å². The molecule has 6 nitrogen and oxygen atoms in total. The summed E-state index contributed by atoms with van der Waals surface area (Å²) >= 11 is 0. The van der Waals surface area contributed by atoms with E-state index < -0.39 is 0 Å². The molecule has 0 saturated heterocycles. The van der Waals surface area contributed by atoms with Crippen molar-refractivity contribution in [2.45, 2.75) is 39.7 Å². The first kappa shape index (κ1) is 17.4. The maximum Gasteiger partial charge on any atom is 0.251 e. The van der Waals surface area contributed by atoms with Crippen molar-refractivity contribution in [2.24, 2.45) is 5.84 Å². The van der Waals surface area contributed by atoms with Crippen molar-refractivity contribution in [1.29, 1.82) is 0 Å². The zero-order valence-corrected chi connectivity index (χ0v) is 13.4. The molecule has 0 saturated carbocycles. The van der Waals surface area contributed by atoms with Crippen LogP contribution in [0, 0.1) is 6.92 Å². The van der Waals surface area contributed by atoms with Crippen LogP contribution in [0.1, 0.15) is 42.7 Å². The van der Waals surface area contributed by atoms with Gasteiger partial charge in [0.2, 0.25) is 0 Å². The summed E-state index contributed by atoms with van der Waals surface area (Å²) in [7, 11) is 2.12. The molecule has 1 heterocycles. The first-order chi connectivity index (χ1) is 9.93. The molecule has 0 aliphatic heterocycles. The molecule has 0 spiro atoms. The summed E-state index contributed by atoms with van der Waals surface area (Å²) in [5.74, 6) is 5.74. The van der Waals surface area contributed by atoms with Gasteiger partial charge in [-0.1, -0.05) is 0 Å². The van der Waals surface area contributed by atoms with Crippen LogP contribution >= 0.6 is 0 Å². The molecule has 0 fully saturated rings. The molecule has 0 aliphatic rings. The molecule has 0 atom stereocenters. The number of nitrogens with two attached hydrogens (primary N) is 1. The Balaban J connectivity index is 2.36. The zero-order valence-electron chi connectivity index (χ0n) is 13.4. The molecule has 118 valence electrons. The Bertz CT molecular complexity index is 461. The van der Waals surface area contributed by atoms with Gasteiger partial charge < -0.3 is 15.6 Å². The molecule has 0 aliphatic carbocycles. The lowest BCUT2D eigenvalue weighted by atomic mass is 10.2. The number of unbranched alkanes of at least 4 members (excludes halogenated alkanes) is 1. The lowest BCUT2D eigenvalue weighted by Crippen LogP contribution is -2.29. The van der Waals surface area contributed by atoms with Gasteiger partial charge in [-0.15, -0.1) is 0 Å². The molecular weight excluding hydrogens is 266 g/mol. The number of anilines is 1. The lowest BCUT2D eigenvalue weighted by molar-refractivity contribution is 0.0952. The smallest absolute Gasteiger partial charge is 0.251 e. The highest BCUT2D eigenvalue weighted by Crippen LogP contribution is 2.09. The van der Waals surface area contributed by atoms with E-state index in [1.807, 2.05) is 6.92 Å². The van der Waals surface area contributed by atoms with E-state index in [2.05, 4.69) is 41.5 Å². The summed E-state index contributed by atoms with van der Waals surface area (Å²) in [6.45, 7) is 7.91. The van der Waals surface area contributed by atoms with Crippen molar-refractivity contribution in [3.63, 3.8) is 0 Å². The van der Waals surface area contributed by atoms with E-state index in [0.29, 0.717) is 24.0 Å². The monoisotopic (exact) mass is 293 g/mol. The summed E-state index contributed by atoms with van der Waals surface area (Å²) in [4.78, 5) is 18.5. The molecule has 4 N–H and O–H groups in total. The van der Waals surface area contributed by atoms with Crippen LogP contribution < -0.4 is 16.6 Å². The first-order valence-corrected chi connectivity index (χ1v) is 7.37. The molecule has 1 rings (SSSR count). The largest absolute Gasteiger partial charge is 0.352 e.